The minimum absolute atomic E-state index is 0.0203. The van der Waals surface area contributed by atoms with Crippen LogP contribution in [-0.2, 0) is 11.3 Å². The molecule has 1 fully saturated rings. The van der Waals surface area contributed by atoms with Gasteiger partial charge in [0, 0.05) is 55.0 Å². The predicted molar refractivity (Wildman–Crippen MR) is 150 cm³/mol. The first-order valence-corrected chi connectivity index (χ1v) is 14.5. The number of hydrogen-bond acceptors (Lipinski definition) is 5. The number of aromatic nitrogens is 2. The van der Waals surface area contributed by atoms with E-state index < -0.39 is 0 Å². The van der Waals surface area contributed by atoms with Crippen molar-refractivity contribution in [3.63, 3.8) is 0 Å². The van der Waals surface area contributed by atoms with Crippen molar-refractivity contribution in [2.45, 2.75) is 12.6 Å². The number of piperazine rings is 1. The zero-order valence-electron chi connectivity index (χ0n) is 19.8. The van der Waals surface area contributed by atoms with Gasteiger partial charge < -0.3 is 5.32 Å². The van der Waals surface area contributed by atoms with E-state index in [9.17, 15) is 9.18 Å². The molecule has 4 aromatic rings. The van der Waals surface area contributed by atoms with Gasteiger partial charge in [0.25, 0.3) is 0 Å². The molecule has 2 aromatic heterocycles. The fraction of sp³-hybridized carbons (Fsp3) is 0.259. The van der Waals surface area contributed by atoms with Crippen molar-refractivity contribution in [1.82, 2.24) is 24.9 Å². The highest BCUT2D eigenvalue weighted by Crippen LogP contribution is 2.54. The molecular formula is C27H24Br2FN5OS. The van der Waals surface area contributed by atoms with Gasteiger partial charge in [-0.25, -0.2) is 9.07 Å². The molecule has 2 aromatic carbocycles. The average molecular weight is 645 g/mol. The first kappa shape index (κ1) is 24.9. The number of benzene rings is 2. The van der Waals surface area contributed by atoms with Crippen molar-refractivity contribution >= 4 is 49.1 Å². The SMILES string of the molecule is O=C(CN1CCN(Cc2ccccc2F)CC1)NC1c2cnn(-c3ccccc3)c2-c2c(Br)sc(Br)c21. The number of amides is 1. The number of nitrogens with zero attached hydrogens (tertiary/aromatic N) is 4. The summed E-state index contributed by atoms with van der Waals surface area (Å²) >= 11 is 9.07. The average Bonchev–Trinajstić information content (AvgIpc) is 3.54. The molecule has 1 aliphatic carbocycles. The lowest BCUT2D eigenvalue weighted by atomic mass is 10.1. The van der Waals surface area contributed by atoms with Crippen LogP contribution >= 0.6 is 43.2 Å². The van der Waals surface area contributed by atoms with Crippen molar-refractivity contribution in [3.8, 4) is 16.9 Å². The highest BCUT2D eigenvalue weighted by molar-refractivity contribution is 9.12. The van der Waals surface area contributed by atoms with E-state index >= 15 is 0 Å². The van der Waals surface area contributed by atoms with Crippen molar-refractivity contribution in [1.29, 1.82) is 0 Å². The van der Waals surface area contributed by atoms with E-state index in [0.29, 0.717) is 18.7 Å². The molecule has 0 saturated carbocycles. The summed E-state index contributed by atoms with van der Waals surface area (Å²) < 4.78 is 18.0. The third-order valence-electron chi connectivity index (χ3n) is 6.98. The van der Waals surface area contributed by atoms with E-state index in [4.69, 9.17) is 0 Å². The number of nitrogens with one attached hydrogen (secondary N) is 1. The number of halogens is 3. The quantitative estimate of drug-likeness (QED) is 0.297. The second kappa shape index (κ2) is 10.4. The van der Waals surface area contributed by atoms with E-state index in [2.05, 4.69) is 52.1 Å². The van der Waals surface area contributed by atoms with Crippen LogP contribution in [0.1, 0.15) is 22.7 Å². The van der Waals surface area contributed by atoms with Crippen LogP contribution in [0.25, 0.3) is 16.9 Å². The zero-order chi connectivity index (χ0) is 25.5. The van der Waals surface area contributed by atoms with Gasteiger partial charge in [-0.1, -0.05) is 36.4 Å². The molecule has 0 bridgehead atoms. The molecule has 6 nitrogen and oxygen atoms in total. The molecule has 3 heterocycles. The fourth-order valence-corrected chi connectivity index (χ4v) is 8.39. The van der Waals surface area contributed by atoms with Crippen LogP contribution in [0.4, 0.5) is 4.39 Å². The Morgan fingerprint density at radius 1 is 1.00 bits per heavy atom. The predicted octanol–water partition coefficient (Wildman–Crippen LogP) is 5.60. The summed E-state index contributed by atoms with van der Waals surface area (Å²) in [4.78, 5) is 17.6. The summed E-state index contributed by atoms with van der Waals surface area (Å²) in [6, 6.07) is 16.7. The molecule has 1 N–H and O–H groups in total. The number of fused-ring (bicyclic) bond motifs is 3. The molecule has 0 radical (unpaired) electrons. The molecule has 10 heteroatoms. The van der Waals surface area contributed by atoms with Crippen LogP contribution in [0.3, 0.4) is 0 Å². The van der Waals surface area contributed by atoms with Crippen molar-refractivity contribution in [3.05, 3.63) is 90.9 Å². The van der Waals surface area contributed by atoms with Gasteiger partial charge in [-0.15, -0.1) is 11.3 Å². The van der Waals surface area contributed by atoms with Crippen LogP contribution in [0.15, 0.2) is 68.4 Å². The standard InChI is InChI=1S/C27H24Br2FN5OS/c28-26-22-23(27(29)37-26)25-19(14-31-35(25)18-7-2-1-3-8-18)24(22)32-21(36)16-34-12-10-33(11-13-34)15-17-6-4-5-9-20(17)30/h1-9,14,24H,10-13,15-16H2,(H,32,36). The van der Waals surface area contributed by atoms with Crippen molar-refractivity contribution in [2.24, 2.45) is 0 Å². The minimum Gasteiger partial charge on any atom is -0.344 e. The largest absolute Gasteiger partial charge is 0.344 e. The van der Waals surface area contributed by atoms with Crippen LogP contribution in [-0.4, -0.2) is 58.2 Å². The third-order valence-corrected chi connectivity index (χ3v) is 9.56. The van der Waals surface area contributed by atoms with Crippen molar-refractivity contribution < 1.29 is 9.18 Å². The molecule has 190 valence electrons. The number of para-hydroxylation sites is 1. The second-order valence-electron chi connectivity index (χ2n) is 9.28. The third kappa shape index (κ3) is 4.81. The van der Waals surface area contributed by atoms with E-state index in [1.165, 1.54) is 6.07 Å². The number of rotatable bonds is 6. The number of thiophene rings is 1. The first-order chi connectivity index (χ1) is 18.0. The summed E-state index contributed by atoms with van der Waals surface area (Å²) in [6.07, 6.45) is 1.86. The smallest absolute Gasteiger partial charge is 0.234 e. The van der Waals surface area contributed by atoms with Gasteiger partial charge in [0.1, 0.15) is 5.82 Å². The van der Waals surface area contributed by atoms with E-state index in [1.807, 2.05) is 53.3 Å². The van der Waals surface area contributed by atoms with E-state index in [0.717, 1.165) is 61.8 Å². The van der Waals surface area contributed by atoms with Gasteiger partial charge in [-0.05, 0) is 50.1 Å². The summed E-state index contributed by atoms with van der Waals surface area (Å²) in [5.41, 5.74) is 5.82. The summed E-state index contributed by atoms with van der Waals surface area (Å²) in [5, 5.41) is 7.95. The topological polar surface area (TPSA) is 53.4 Å². The normalized spacial score (nSPS) is 17.5. The van der Waals surface area contributed by atoms with Gasteiger partial charge in [0.15, 0.2) is 0 Å². The van der Waals surface area contributed by atoms with Gasteiger partial charge in [-0.3, -0.25) is 14.6 Å². The first-order valence-electron chi connectivity index (χ1n) is 12.1. The number of carbonyl (C=O) groups excluding carboxylic acids is 1. The number of hydrogen-bond donors (Lipinski definition) is 1. The molecule has 37 heavy (non-hydrogen) atoms. The lowest BCUT2D eigenvalue weighted by Crippen LogP contribution is -2.49. The Bertz CT molecular complexity index is 1450. The van der Waals surface area contributed by atoms with Crippen LogP contribution in [0.2, 0.25) is 0 Å². The monoisotopic (exact) mass is 643 g/mol. The molecule has 1 unspecified atom stereocenters. The zero-order valence-corrected chi connectivity index (χ0v) is 23.8. The Labute approximate surface area is 235 Å². The molecule has 1 saturated heterocycles. The Balaban J connectivity index is 1.15. The fourth-order valence-electron chi connectivity index (χ4n) is 5.14. The van der Waals surface area contributed by atoms with Crippen LogP contribution in [0.5, 0.6) is 0 Å². The van der Waals surface area contributed by atoms with Crippen molar-refractivity contribution in [2.75, 3.05) is 32.7 Å². The maximum absolute atomic E-state index is 14.0. The summed E-state index contributed by atoms with van der Waals surface area (Å²) in [5.74, 6) is -0.186. The molecule has 1 atom stereocenters. The molecule has 0 spiro atoms. The Morgan fingerprint density at radius 3 is 2.46 bits per heavy atom. The lowest BCUT2D eigenvalue weighted by Gasteiger charge is -2.34. The van der Waals surface area contributed by atoms with Gasteiger partial charge >= 0.3 is 0 Å². The van der Waals surface area contributed by atoms with Crippen LogP contribution < -0.4 is 5.32 Å². The minimum atomic E-state index is -0.269. The molecule has 2 aliphatic rings. The van der Waals surface area contributed by atoms with E-state index in [1.54, 1.807) is 17.4 Å². The van der Waals surface area contributed by atoms with Gasteiger partial charge in [0.2, 0.25) is 5.91 Å². The maximum Gasteiger partial charge on any atom is 0.234 e. The van der Waals surface area contributed by atoms with E-state index in [-0.39, 0.29) is 17.8 Å². The lowest BCUT2D eigenvalue weighted by molar-refractivity contribution is -0.123. The summed E-state index contributed by atoms with van der Waals surface area (Å²) in [7, 11) is 0. The Hall–Kier alpha value is -2.37. The Morgan fingerprint density at radius 2 is 1.70 bits per heavy atom. The molecule has 6 rings (SSSR count). The highest BCUT2D eigenvalue weighted by atomic mass is 79.9. The highest BCUT2D eigenvalue weighted by Gasteiger charge is 2.39. The Kier molecular flexibility index (Phi) is 7.02. The maximum atomic E-state index is 14.0. The van der Waals surface area contributed by atoms with Crippen LogP contribution in [0, 0.1) is 5.82 Å². The number of carbonyl (C=O) groups is 1. The second-order valence-corrected chi connectivity index (χ2v) is 12.9. The molecule has 1 amide bonds. The van der Waals surface area contributed by atoms with Gasteiger partial charge in [0.05, 0.1) is 37.7 Å². The molecular weight excluding hydrogens is 621 g/mol. The molecule has 1 aliphatic heterocycles. The summed E-state index contributed by atoms with van der Waals surface area (Å²) in [6.45, 7) is 4.04. The van der Waals surface area contributed by atoms with Gasteiger partial charge in [-0.2, -0.15) is 5.10 Å².